The minimum atomic E-state index is -0.0725. The molecule has 1 aliphatic rings. The van der Waals surface area contributed by atoms with E-state index in [2.05, 4.69) is 130 Å². The molecule has 0 spiro atoms. The van der Waals surface area contributed by atoms with Crippen molar-refractivity contribution in [1.82, 2.24) is 0 Å². The van der Waals surface area contributed by atoms with Crippen LogP contribution in [0.2, 0.25) is 0 Å². The van der Waals surface area contributed by atoms with Gasteiger partial charge < -0.3 is 0 Å². The predicted molar refractivity (Wildman–Crippen MR) is 143 cm³/mol. The highest BCUT2D eigenvalue weighted by atomic mass is 14.4. The average molecular weight is 425 g/mol. The van der Waals surface area contributed by atoms with E-state index in [-0.39, 0.29) is 10.8 Å². The third kappa shape index (κ3) is 4.75. The van der Waals surface area contributed by atoms with E-state index < -0.39 is 0 Å². The number of hydrogen-bond donors (Lipinski definition) is 0. The first-order valence-electron chi connectivity index (χ1n) is 11.8. The highest BCUT2D eigenvalue weighted by molar-refractivity contribution is 5.63. The molecule has 0 aromatic heterocycles. The second kappa shape index (κ2) is 8.74. The largest absolute Gasteiger partial charge is 0.0707 e. The van der Waals surface area contributed by atoms with Crippen molar-refractivity contribution in [2.75, 3.05) is 0 Å². The zero-order valence-corrected chi connectivity index (χ0v) is 21.8. The Kier molecular flexibility index (Phi) is 6.57. The van der Waals surface area contributed by atoms with Crippen molar-refractivity contribution in [1.29, 1.82) is 0 Å². The number of allylic oxidation sites excluding steroid dienone is 6. The number of aryl methyl sites for hydroxylation is 6. The van der Waals surface area contributed by atoms with Crippen LogP contribution in [0.3, 0.4) is 0 Å². The molecule has 0 fully saturated rings. The zero-order chi connectivity index (χ0) is 23.8. The average Bonchev–Trinajstić information content (AvgIpc) is 2.65. The number of benzene rings is 2. The molecular weight excluding hydrogens is 384 g/mol. The molecule has 0 N–H and O–H groups in total. The van der Waals surface area contributed by atoms with Crippen molar-refractivity contribution in [2.45, 2.75) is 69.2 Å². The van der Waals surface area contributed by atoms with E-state index in [0.717, 1.165) is 0 Å². The van der Waals surface area contributed by atoms with Gasteiger partial charge in [0.05, 0.1) is 0 Å². The van der Waals surface area contributed by atoms with E-state index in [1.54, 1.807) is 0 Å². The van der Waals surface area contributed by atoms with Crippen LogP contribution in [0.5, 0.6) is 0 Å². The molecule has 1 aliphatic carbocycles. The van der Waals surface area contributed by atoms with Crippen molar-refractivity contribution in [2.24, 2.45) is 10.8 Å². The summed E-state index contributed by atoms with van der Waals surface area (Å²) in [6, 6.07) is 9.10. The summed E-state index contributed by atoms with van der Waals surface area (Å²) in [4.78, 5) is 0. The van der Waals surface area contributed by atoms with Crippen LogP contribution in [-0.2, 0) is 0 Å². The van der Waals surface area contributed by atoms with Crippen molar-refractivity contribution >= 4 is 12.2 Å². The van der Waals surface area contributed by atoms with E-state index in [1.807, 2.05) is 0 Å². The second-order valence-corrected chi connectivity index (χ2v) is 10.5. The molecule has 3 rings (SSSR count). The fourth-order valence-corrected chi connectivity index (χ4v) is 5.22. The fourth-order valence-electron chi connectivity index (χ4n) is 5.22. The van der Waals surface area contributed by atoms with Crippen molar-refractivity contribution in [3.05, 3.63) is 104 Å². The monoisotopic (exact) mass is 424 g/mol. The van der Waals surface area contributed by atoms with Crippen LogP contribution in [-0.4, -0.2) is 0 Å². The molecule has 2 aromatic rings. The molecule has 0 nitrogen and oxygen atoms in total. The predicted octanol–water partition coefficient (Wildman–Crippen LogP) is 9.18. The van der Waals surface area contributed by atoms with Gasteiger partial charge in [-0.15, -0.1) is 0 Å². The van der Waals surface area contributed by atoms with Gasteiger partial charge in [-0.25, -0.2) is 0 Å². The lowest BCUT2D eigenvalue weighted by atomic mass is 9.67. The fraction of sp³-hybridized carbons (Fsp3) is 0.375. The summed E-state index contributed by atoms with van der Waals surface area (Å²) in [7, 11) is 0. The van der Waals surface area contributed by atoms with Gasteiger partial charge in [-0.3, -0.25) is 0 Å². The van der Waals surface area contributed by atoms with Crippen LogP contribution < -0.4 is 0 Å². The molecule has 0 saturated carbocycles. The molecule has 2 atom stereocenters. The summed E-state index contributed by atoms with van der Waals surface area (Å²) >= 11 is 0. The lowest BCUT2D eigenvalue weighted by Crippen LogP contribution is -2.25. The molecule has 0 aliphatic heterocycles. The molecule has 2 unspecified atom stereocenters. The summed E-state index contributed by atoms with van der Waals surface area (Å²) in [5, 5.41) is 0. The quantitative estimate of drug-likeness (QED) is 0.429. The Hall–Kier alpha value is -2.60. The van der Waals surface area contributed by atoms with Crippen LogP contribution in [0, 0.1) is 52.4 Å². The van der Waals surface area contributed by atoms with Crippen molar-refractivity contribution < 1.29 is 0 Å². The van der Waals surface area contributed by atoms with Crippen LogP contribution in [0.15, 0.2) is 59.7 Å². The normalized spacial score (nSPS) is 23.7. The molecule has 0 heteroatoms. The minimum Gasteiger partial charge on any atom is -0.0707 e. The Morgan fingerprint density at radius 1 is 0.500 bits per heavy atom. The summed E-state index contributed by atoms with van der Waals surface area (Å²) in [6.07, 6.45) is 14.3. The molecule has 32 heavy (non-hydrogen) atoms. The van der Waals surface area contributed by atoms with Gasteiger partial charge in [-0.1, -0.05) is 83.0 Å². The molecular formula is C32H40. The van der Waals surface area contributed by atoms with Gasteiger partial charge in [0.1, 0.15) is 0 Å². The first-order valence-corrected chi connectivity index (χ1v) is 11.8. The van der Waals surface area contributed by atoms with E-state index >= 15 is 0 Å². The van der Waals surface area contributed by atoms with Gasteiger partial charge in [0.25, 0.3) is 0 Å². The SMILES string of the molecule is CC1=CC(C)(C=Cc2c(C)cc(C)cc2C)C(C)=CC1(C)C=Cc1c(C)cc(C)cc1C. The van der Waals surface area contributed by atoms with Gasteiger partial charge in [0.2, 0.25) is 0 Å². The topological polar surface area (TPSA) is 0 Å². The second-order valence-electron chi connectivity index (χ2n) is 10.5. The van der Waals surface area contributed by atoms with Crippen LogP contribution in [0.25, 0.3) is 12.2 Å². The molecule has 0 radical (unpaired) electrons. The molecule has 0 amide bonds. The summed E-state index contributed by atoms with van der Waals surface area (Å²) in [6.45, 7) is 22.4. The maximum absolute atomic E-state index is 2.46. The highest BCUT2D eigenvalue weighted by Gasteiger charge is 2.32. The first kappa shape index (κ1) is 24.1. The highest BCUT2D eigenvalue weighted by Crippen LogP contribution is 2.45. The van der Waals surface area contributed by atoms with Crippen LogP contribution >= 0.6 is 0 Å². The molecule has 0 bridgehead atoms. The number of rotatable bonds is 4. The smallest absolute Gasteiger partial charge is 0.0246 e. The minimum absolute atomic E-state index is 0.0725. The maximum Gasteiger partial charge on any atom is 0.0246 e. The first-order chi connectivity index (χ1) is 14.8. The Balaban J connectivity index is 1.94. The summed E-state index contributed by atoms with van der Waals surface area (Å²) in [5.41, 5.74) is 13.4. The maximum atomic E-state index is 2.46. The van der Waals surface area contributed by atoms with Crippen molar-refractivity contribution in [3.8, 4) is 0 Å². The zero-order valence-electron chi connectivity index (χ0n) is 21.8. The van der Waals surface area contributed by atoms with Crippen LogP contribution in [0.1, 0.15) is 72.2 Å². The van der Waals surface area contributed by atoms with Crippen molar-refractivity contribution in [3.63, 3.8) is 0 Å². The Morgan fingerprint density at radius 2 is 0.781 bits per heavy atom. The summed E-state index contributed by atoms with van der Waals surface area (Å²) in [5.74, 6) is 0. The summed E-state index contributed by atoms with van der Waals surface area (Å²) < 4.78 is 0. The standard InChI is InChI=1S/C32H40/c1-21-15-23(3)29(24(4)16-21)11-13-31(9)19-28(8)32(10,20-27(31)7)14-12-30-25(5)17-22(2)18-26(30)6/h11-20H,1-10H3. The van der Waals surface area contributed by atoms with Gasteiger partial charge in [0, 0.05) is 10.8 Å². The van der Waals surface area contributed by atoms with Gasteiger partial charge >= 0.3 is 0 Å². The molecule has 168 valence electrons. The Labute approximate surface area is 196 Å². The van der Waals surface area contributed by atoms with E-state index in [4.69, 9.17) is 0 Å². The Bertz CT molecular complexity index is 1030. The number of hydrogen-bond acceptors (Lipinski definition) is 0. The van der Waals surface area contributed by atoms with E-state index in [9.17, 15) is 0 Å². The lowest BCUT2D eigenvalue weighted by molar-refractivity contribution is 0.554. The van der Waals surface area contributed by atoms with Gasteiger partial charge in [-0.2, -0.15) is 0 Å². The van der Waals surface area contributed by atoms with Crippen LogP contribution in [0.4, 0.5) is 0 Å². The third-order valence-electron chi connectivity index (χ3n) is 7.40. The third-order valence-corrected chi connectivity index (χ3v) is 7.40. The lowest BCUT2D eigenvalue weighted by Gasteiger charge is -2.37. The molecule has 2 aromatic carbocycles. The van der Waals surface area contributed by atoms with E-state index in [1.165, 1.54) is 55.7 Å². The molecule has 0 saturated heterocycles. The molecule has 0 heterocycles. The Morgan fingerprint density at radius 3 is 1.06 bits per heavy atom. The van der Waals surface area contributed by atoms with E-state index in [0.29, 0.717) is 0 Å². The van der Waals surface area contributed by atoms with Gasteiger partial charge in [-0.05, 0) is 103 Å². The van der Waals surface area contributed by atoms with Gasteiger partial charge in [0.15, 0.2) is 0 Å².